The molecule has 1 aliphatic rings. The number of nitrogens with zero attached hydrogens (tertiary/aromatic N) is 3. The van der Waals surface area contributed by atoms with Crippen molar-refractivity contribution < 1.29 is 19.1 Å². The number of rotatable bonds is 8. The topological polar surface area (TPSA) is 81.5 Å². The largest absolute Gasteiger partial charge is 0.464 e. The Morgan fingerprint density at radius 3 is 2.55 bits per heavy atom. The number of hydrogen-bond donors (Lipinski definition) is 0. The van der Waals surface area contributed by atoms with Gasteiger partial charge in [0.1, 0.15) is 5.69 Å². The van der Waals surface area contributed by atoms with Gasteiger partial charge in [-0.1, -0.05) is 6.07 Å². The van der Waals surface area contributed by atoms with Crippen molar-refractivity contribution in [2.45, 2.75) is 46.7 Å². The molecule has 1 saturated carbocycles. The van der Waals surface area contributed by atoms with Gasteiger partial charge >= 0.3 is 5.97 Å². The second-order valence-electron chi connectivity index (χ2n) is 7.42. The van der Waals surface area contributed by atoms with Crippen LogP contribution in [0.1, 0.15) is 57.4 Å². The van der Waals surface area contributed by atoms with Gasteiger partial charge in [0.25, 0.3) is 0 Å². The van der Waals surface area contributed by atoms with Gasteiger partial charge in [0, 0.05) is 42.7 Å². The molecule has 0 atom stereocenters. The lowest BCUT2D eigenvalue weighted by atomic mass is 10.0. The zero-order valence-corrected chi connectivity index (χ0v) is 17.4. The Morgan fingerprint density at radius 2 is 2.00 bits per heavy atom. The first-order valence-corrected chi connectivity index (χ1v) is 9.87. The van der Waals surface area contributed by atoms with Crippen LogP contribution in [0, 0.1) is 19.8 Å². The van der Waals surface area contributed by atoms with Crippen LogP contribution in [0.4, 0.5) is 0 Å². The number of methoxy groups -OCH3 is 1. The van der Waals surface area contributed by atoms with Gasteiger partial charge < -0.3 is 14.2 Å². The molecule has 1 amide bonds. The van der Waals surface area contributed by atoms with E-state index in [1.807, 2.05) is 26.0 Å². The quantitative estimate of drug-likeness (QED) is 0.505. The predicted octanol–water partition coefficient (Wildman–Crippen LogP) is 2.93. The minimum atomic E-state index is -0.465. The van der Waals surface area contributed by atoms with Crippen molar-refractivity contribution in [3.05, 3.63) is 52.6 Å². The van der Waals surface area contributed by atoms with Gasteiger partial charge in [-0.15, -0.1) is 0 Å². The first kappa shape index (κ1) is 20.8. The molecule has 2 heterocycles. The average molecular weight is 397 g/mol. The summed E-state index contributed by atoms with van der Waals surface area (Å²) in [4.78, 5) is 44.0. The zero-order chi connectivity index (χ0) is 21.1. The maximum atomic E-state index is 13.3. The highest BCUT2D eigenvalue weighted by Crippen LogP contribution is 2.32. The predicted molar refractivity (Wildman–Crippen MR) is 108 cm³/mol. The molecule has 1 aliphatic carbocycles. The van der Waals surface area contributed by atoms with Crippen molar-refractivity contribution in [1.82, 2.24) is 14.5 Å². The summed E-state index contributed by atoms with van der Waals surface area (Å²) in [5, 5.41) is 0. The molecule has 0 aromatic carbocycles. The number of esters is 1. The molecule has 7 nitrogen and oxygen atoms in total. The molecule has 154 valence electrons. The van der Waals surface area contributed by atoms with Crippen molar-refractivity contribution >= 4 is 17.7 Å². The zero-order valence-electron chi connectivity index (χ0n) is 17.4. The molecule has 0 bridgehead atoms. The number of amides is 1. The number of aromatic nitrogens is 2. The molecule has 0 N–H and O–H groups in total. The third kappa shape index (κ3) is 4.23. The molecule has 29 heavy (non-hydrogen) atoms. The normalized spacial score (nSPS) is 13.2. The molecule has 2 aromatic heterocycles. The third-order valence-corrected chi connectivity index (χ3v) is 5.41. The van der Waals surface area contributed by atoms with Crippen LogP contribution in [0.3, 0.4) is 0 Å². The fraction of sp³-hybridized carbons (Fsp3) is 0.455. The summed E-state index contributed by atoms with van der Waals surface area (Å²) in [6.07, 6.45) is 5.12. The molecule has 3 rings (SSSR count). The SMILES string of the molecule is CCn1c(C)c(C(=O)CN(Cc2cccnc2)C(=O)C2CC2)c(C)c1C(=O)OC. The molecule has 7 heteroatoms. The Balaban J connectivity index is 1.90. The highest BCUT2D eigenvalue weighted by atomic mass is 16.5. The van der Waals surface area contributed by atoms with E-state index in [0.717, 1.165) is 24.1 Å². The third-order valence-electron chi connectivity index (χ3n) is 5.41. The summed E-state index contributed by atoms with van der Waals surface area (Å²) in [7, 11) is 1.33. The molecule has 0 saturated heterocycles. The maximum absolute atomic E-state index is 13.3. The van der Waals surface area contributed by atoms with Crippen LogP contribution in [0.15, 0.2) is 24.5 Å². The Labute approximate surface area is 170 Å². The minimum Gasteiger partial charge on any atom is -0.464 e. The Hall–Kier alpha value is -2.96. The highest BCUT2D eigenvalue weighted by molar-refractivity contribution is 6.04. The lowest BCUT2D eigenvalue weighted by molar-refractivity contribution is -0.132. The van der Waals surface area contributed by atoms with Crippen LogP contribution in [-0.4, -0.2) is 45.8 Å². The second kappa shape index (κ2) is 8.59. The number of pyridine rings is 1. The van der Waals surface area contributed by atoms with E-state index in [-0.39, 0.29) is 24.2 Å². The van der Waals surface area contributed by atoms with Crippen LogP contribution in [0.25, 0.3) is 0 Å². The van der Waals surface area contributed by atoms with Gasteiger partial charge in [0.15, 0.2) is 5.78 Å². The number of ketones is 1. The van der Waals surface area contributed by atoms with Gasteiger partial charge in [0.05, 0.1) is 13.7 Å². The standard InChI is InChI=1S/C22H27N3O4/c1-5-25-15(3)19(14(2)20(25)22(28)29-4)18(26)13-24(21(27)17-8-9-17)12-16-7-6-10-23-11-16/h6-7,10-11,17H,5,8-9,12-13H2,1-4H3. The lowest BCUT2D eigenvalue weighted by Gasteiger charge is -2.22. The van der Waals surface area contributed by atoms with Crippen molar-refractivity contribution in [1.29, 1.82) is 0 Å². The van der Waals surface area contributed by atoms with Crippen molar-refractivity contribution in [2.75, 3.05) is 13.7 Å². The molecule has 0 unspecified atom stereocenters. The van der Waals surface area contributed by atoms with Gasteiger partial charge in [0.2, 0.25) is 5.91 Å². The molecule has 0 radical (unpaired) electrons. The average Bonchev–Trinajstić information content (AvgIpc) is 3.52. The van der Waals surface area contributed by atoms with E-state index in [1.165, 1.54) is 7.11 Å². The molecular formula is C22H27N3O4. The van der Waals surface area contributed by atoms with E-state index in [9.17, 15) is 14.4 Å². The van der Waals surface area contributed by atoms with Gasteiger partial charge in [-0.3, -0.25) is 14.6 Å². The summed E-state index contributed by atoms with van der Waals surface area (Å²) in [6.45, 7) is 6.35. The number of carbonyl (C=O) groups excluding carboxylic acids is 3. The number of carbonyl (C=O) groups is 3. The van der Waals surface area contributed by atoms with E-state index in [1.54, 1.807) is 28.8 Å². The van der Waals surface area contributed by atoms with Crippen LogP contribution in [0.2, 0.25) is 0 Å². The maximum Gasteiger partial charge on any atom is 0.354 e. The fourth-order valence-electron chi connectivity index (χ4n) is 3.83. The Bertz CT molecular complexity index is 929. The van der Waals surface area contributed by atoms with E-state index >= 15 is 0 Å². The van der Waals surface area contributed by atoms with Crippen LogP contribution < -0.4 is 0 Å². The van der Waals surface area contributed by atoms with E-state index in [0.29, 0.717) is 29.9 Å². The Kier molecular flexibility index (Phi) is 6.15. The summed E-state index contributed by atoms with van der Waals surface area (Å²) in [5.74, 6) is -0.629. The van der Waals surface area contributed by atoms with Gasteiger partial charge in [-0.05, 0) is 50.8 Å². The van der Waals surface area contributed by atoms with Crippen molar-refractivity contribution in [3.63, 3.8) is 0 Å². The van der Waals surface area contributed by atoms with E-state index < -0.39 is 5.97 Å². The summed E-state index contributed by atoms with van der Waals surface area (Å²) in [5.41, 5.74) is 3.08. The lowest BCUT2D eigenvalue weighted by Crippen LogP contribution is -2.36. The second-order valence-corrected chi connectivity index (χ2v) is 7.42. The molecule has 0 spiro atoms. The van der Waals surface area contributed by atoms with Crippen molar-refractivity contribution in [3.8, 4) is 0 Å². The monoisotopic (exact) mass is 397 g/mol. The summed E-state index contributed by atoms with van der Waals surface area (Å²) >= 11 is 0. The molecular weight excluding hydrogens is 370 g/mol. The van der Waals surface area contributed by atoms with Gasteiger partial charge in [-0.25, -0.2) is 4.79 Å². The number of hydrogen-bond acceptors (Lipinski definition) is 5. The highest BCUT2D eigenvalue weighted by Gasteiger charge is 2.35. The van der Waals surface area contributed by atoms with Crippen LogP contribution in [-0.2, 0) is 22.6 Å². The summed E-state index contributed by atoms with van der Waals surface area (Å²) < 4.78 is 6.70. The molecule has 0 aliphatic heterocycles. The van der Waals surface area contributed by atoms with Crippen LogP contribution >= 0.6 is 0 Å². The molecule has 2 aromatic rings. The van der Waals surface area contributed by atoms with Crippen molar-refractivity contribution in [2.24, 2.45) is 5.92 Å². The fourth-order valence-corrected chi connectivity index (χ4v) is 3.83. The summed E-state index contributed by atoms with van der Waals surface area (Å²) in [6, 6.07) is 3.71. The number of Topliss-reactive ketones (excluding diaryl/α,β-unsaturated/α-hetero) is 1. The van der Waals surface area contributed by atoms with Gasteiger partial charge in [-0.2, -0.15) is 0 Å². The van der Waals surface area contributed by atoms with E-state index in [4.69, 9.17) is 4.74 Å². The first-order chi connectivity index (χ1) is 13.9. The van der Waals surface area contributed by atoms with Crippen LogP contribution in [0.5, 0.6) is 0 Å². The Morgan fingerprint density at radius 1 is 1.28 bits per heavy atom. The minimum absolute atomic E-state index is 0.000578. The molecule has 1 fully saturated rings. The smallest absolute Gasteiger partial charge is 0.354 e. The van der Waals surface area contributed by atoms with E-state index in [2.05, 4.69) is 4.98 Å². The number of ether oxygens (including phenoxy) is 1. The first-order valence-electron chi connectivity index (χ1n) is 9.87.